The van der Waals surface area contributed by atoms with E-state index in [9.17, 15) is 13.2 Å². The van der Waals surface area contributed by atoms with Crippen molar-refractivity contribution in [3.8, 4) is 5.69 Å². The fourth-order valence-electron chi connectivity index (χ4n) is 2.30. The SMILES string of the molecule is Fc1ccc2nc(CCCl)n(-c3c(F)cccc3F)c2c1. The highest BCUT2D eigenvalue weighted by Crippen LogP contribution is 2.26. The number of benzene rings is 2. The number of rotatable bonds is 3. The molecule has 3 aromatic rings. The molecule has 0 bridgehead atoms. The Morgan fingerprint density at radius 3 is 2.43 bits per heavy atom. The number of hydrogen-bond acceptors (Lipinski definition) is 1. The Morgan fingerprint density at radius 1 is 1.05 bits per heavy atom. The third kappa shape index (κ3) is 2.38. The van der Waals surface area contributed by atoms with Gasteiger partial charge >= 0.3 is 0 Å². The first-order chi connectivity index (χ1) is 10.1. The van der Waals surface area contributed by atoms with Gasteiger partial charge in [0.15, 0.2) is 0 Å². The van der Waals surface area contributed by atoms with Gasteiger partial charge in [0.2, 0.25) is 0 Å². The Balaban J connectivity index is 2.38. The number of para-hydroxylation sites is 1. The van der Waals surface area contributed by atoms with Crippen LogP contribution in [-0.4, -0.2) is 15.4 Å². The minimum Gasteiger partial charge on any atom is -0.291 e. The highest BCUT2D eigenvalue weighted by atomic mass is 35.5. The highest BCUT2D eigenvalue weighted by Gasteiger charge is 2.18. The van der Waals surface area contributed by atoms with Crippen LogP contribution in [0.4, 0.5) is 13.2 Å². The van der Waals surface area contributed by atoms with E-state index in [-0.39, 0.29) is 11.6 Å². The van der Waals surface area contributed by atoms with E-state index in [1.165, 1.54) is 28.8 Å². The molecule has 2 nitrogen and oxygen atoms in total. The quantitative estimate of drug-likeness (QED) is 0.662. The van der Waals surface area contributed by atoms with E-state index in [1.54, 1.807) is 0 Å². The number of aryl methyl sites for hydroxylation is 1. The average Bonchev–Trinajstić information content (AvgIpc) is 2.77. The van der Waals surface area contributed by atoms with E-state index in [0.717, 1.165) is 12.1 Å². The molecule has 2 aromatic carbocycles. The van der Waals surface area contributed by atoms with Crippen molar-refractivity contribution in [1.82, 2.24) is 9.55 Å². The topological polar surface area (TPSA) is 17.8 Å². The Kier molecular flexibility index (Phi) is 3.59. The van der Waals surface area contributed by atoms with Crippen LogP contribution in [0, 0.1) is 17.5 Å². The second kappa shape index (κ2) is 5.41. The van der Waals surface area contributed by atoms with Gasteiger partial charge in [-0.2, -0.15) is 0 Å². The van der Waals surface area contributed by atoms with Gasteiger partial charge in [-0.15, -0.1) is 11.6 Å². The molecule has 3 rings (SSSR count). The zero-order valence-electron chi connectivity index (χ0n) is 10.8. The zero-order chi connectivity index (χ0) is 15.0. The van der Waals surface area contributed by atoms with Gasteiger partial charge in [-0.1, -0.05) is 6.07 Å². The third-order valence-corrected chi connectivity index (χ3v) is 3.35. The Morgan fingerprint density at radius 2 is 1.76 bits per heavy atom. The first-order valence-electron chi connectivity index (χ1n) is 6.29. The number of fused-ring (bicyclic) bond motifs is 1. The Hall–Kier alpha value is -2.01. The predicted octanol–water partition coefficient (Wildman–Crippen LogP) is 4.22. The molecule has 0 amide bonds. The van der Waals surface area contributed by atoms with E-state index in [4.69, 9.17) is 11.6 Å². The van der Waals surface area contributed by atoms with E-state index < -0.39 is 17.5 Å². The van der Waals surface area contributed by atoms with Crippen molar-refractivity contribution in [2.75, 3.05) is 5.88 Å². The number of halogens is 4. The molecule has 1 aromatic heterocycles. The van der Waals surface area contributed by atoms with E-state index >= 15 is 0 Å². The fourth-order valence-corrected chi connectivity index (χ4v) is 2.47. The molecule has 108 valence electrons. The van der Waals surface area contributed by atoms with E-state index in [2.05, 4.69) is 4.98 Å². The van der Waals surface area contributed by atoms with Crippen LogP contribution in [0.3, 0.4) is 0 Å². The van der Waals surface area contributed by atoms with Gasteiger partial charge in [0, 0.05) is 18.4 Å². The lowest BCUT2D eigenvalue weighted by atomic mass is 10.2. The van der Waals surface area contributed by atoms with Crippen LogP contribution in [0.1, 0.15) is 5.82 Å². The van der Waals surface area contributed by atoms with Crippen LogP contribution in [0.25, 0.3) is 16.7 Å². The van der Waals surface area contributed by atoms with Crippen molar-refractivity contribution < 1.29 is 13.2 Å². The summed E-state index contributed by atoms with van der Waals surface area (Å²) in [5.41, 5.74) is 0.490. The summed E-state index contributed by atoms with van der Waals surface area (Å²) in [6, 6.07) is 7.49. The maximum atomic E-state index is 14.0. The molecule has 1 heterocycles. The largest absolute Gasteiger partial charge is 0.291 e. The summed E-state index contributed by atoms with van der Waals surface area (Å²) in [6.45, 7) is 0. The normalized spacial score (nSPS) is 11.2. The molecule has 0 N–H and O–H groups in total. The minimum atomic E-state index is -0.741. The van der Waals surface area contributed by atoms with Crippen LogP contribution < -0.4 is 0 Å². The summed E-state index contributed by atoms with van der Waals surface area (Å²) < 4.78 is 42.9. The highest BCUT2D eigenvalue weighted by molar-refractivity contribution is 6.17. The summed E-state index contributed by atoms with van der Waals surface area (Å²) in [6.07, 6.45) is 0.311. The average molecular weight is 311 g/mol. The molecule has 0 spiro atoms. The lowest BCUT2D eigenvalue weighted by Gasteiger charge is -2.10. The third-order valence-electron chi connectivity index (χ3n) is 3.17. The van der Waals surface area contributed by atoms with Gasteiger partial charge < -0.3 is 0 Å². The molecule has 0 aliphatic heterocycles. The van der Waals surface area contributed by atoms with Crippen LogP contribution in [-0.2, 0) is 6.42 Å². The van der Waals surface area contributed by atoms with Crippen molar-refractivity contribution in [3.05, 3.63) is 59.7 Å². The van der Waals surface area contributed by atoms with Gasteiger partial charge in [0.05, 0.1) is 11.0 Å². The number of alkyl halides is 1. The summed E-state index contributed by atoms with van der Waals surface area (Å²) in [5.74, 6) is -1.36. The summed E-state index contributed by atoms with van der Waals surface area (Å²) >= 11 is 5.72. The van der Waals surface area contributed by atoms with Crippen LogP contribution >= 0.6 is 11.6 Å². The second-order valence-corrected chi connectivity index (χ2v) is 4.88. The summed E-state index contributed by atoms with van der Waals surface area (Å²) in [5, 5.41) is 0. The monoisotopic (exact) mass is 310 g/mol. The molecule has 0 unspecified atom stereocenters. The maximum Gasteiger partial charge on any atom is 0.150 e. The van der Waals surface area contributed by atoms with Gasteiger partial charge in [0.25, 0.3) is 0 Å². The summed E-state index contributed by atoms with van der Waals surface area (Å²) in [4.78, 5) is 4.28. The van der Waals surface area contributed by atoms with Crippen LogP contribution in [0.5, 0.6) is 0 Å². The first-order valence-corrected chi connectivity index (χ1v) is 6.82. The lowest BCUT2D eigenvalue weighted by Crippen LogP contribution is -2.07. The Bertz CT molecular complexity index is 794. The van der Waals surface area contributed by atoms with E-state index in [0.29, 0.717) is 23.3 Å². The number of aromatic nitrogens is 2. The molecule has 0 saturated carbocycles. The summed E-state index contributed by atoms with van der Waals surface area (Å²) in [7, 11) is 0. The predicted molar refractivity (Wildman–Crippen MR) is 75.4 cm³/mol. The second-order valence-electron chi connectivity index (χ2n) is 4.51. The van der Waals surface area contributed by atoms with Crippen LogP contribution in [0.15, 0.2) is 36.4 Å². The van der Waals surface area contributed by atoms with Gasteiger partial charge in [-0.05, 0) is 24.3 Å². The molecule has 0 radical (unpaired) electrons. The molecular weight excluding hydrogens is 301 g/mol. The van der Waals surface area contributed by atoms with Crippen molar-refractivity contribution in [3.63, 3.8) is 0 Å². The fraction of sp³-hybridized carbons (Fsp3) is 0.133. The van der Waals surface area contributed by atoms with Gasteiger partial charge in [-0.25, -0.2) is 18.2 Å². The van der Waals surface area contributed by atoms with Crippen molar-refractivity contribution in [2.45, 2.75) is 6.42 Å². The molecule has 21 heavy (non-hydrogen) atoms. The van der Waals surface area contributed by atoms with Crippen molar-refractivity contribution in [1.29, 1.82) is 0 Å². The lowest BCUT2D eigenvalue weighted by molar-refractivity contribution is 0.567. The minimum absolute atomic E-state index is 0.238. The number of hydrogen-bond donors (Lipinski definition) is 0. The van der Waals surface area contributed by atoms with E-state index in [1.807, 2.05) is 0 Å². The molecular formula is C15H10ClF3N2. The molecule has 0 atom stereocenters. The molecule has 6 heteroatoms. The first kappa shape index (κ1) is 13.9. The standard InChI is InChI=1S/C15H10ClF3N2/c16-7-6-14-20-12-5-4-9(17)8-13(12)21(14)15-10(18)2-1-3-11(15)19/h1-5,8H,6-7H2. The number of imidazole rings is 1. The smallest absolute Gasteiger partial charge is 0.150 e. The Labute approximate surface area is 123 Å². The van der Waals surface area contributed by atoms with Gasteiger partial charge in [0.1, 0.15) is 29.0 Å². The molecule has 0 aliphatic rings. The van der Waals surface area contributed by atoms with Crippen molar-refractivity contribution >= 4 is 22.6 Å². The molecule has 0 saturated heterocycles. The van der Waals surface area contributed by atoms with Crippen LogP contribution in [0.2, 0.25) is 0 Å². The maximum absolute atomic E-state index is 14.0. The van der Waals surface area contributed by atoms with Gasteiger partial charge in [-0.3, -0.25) is 4.57 Å². The number of nitrogens with zero attached hydrogens (tertiary/aromatic N) is 2. The molecule has 0 aliphatic carbocycles. The molecule has 0 fully saturated rings. The zero-order valence-corrected chi connectivity index (χ0v) is 11.5. The van der Waals surface area contributed by atoms with Crippen molar-refractivity contribution in [2.24, 2.45) is 0 Å².